The van der Waals surface area contributed by atoms with Gasteiger partial charge in [-0.3, -0.25) is 9.78 Å². The molecule has 4 aromatic rings. The number of aromatic nitrogens is 3. The van der Waals surface area contributed by atoms with E-state index in [2.05, 4.69) is 17.2 Å². The van der Waals surface area contributed by atoms with Crippen LogP contribution in [0.15, 0.2) is 67.0 Å². The molecule has 0 bridgehead atoms. The molecule has 2 heterocycles. The van der Waals surface area contributed by atoms with Crippen molar-refractivity contribution in [2.75, 3.05) is 0 Å². The molecule has 7 heteroatoms. The van der Waals surface area contributed by atoms with Crippen LogP contribution >= 0.6 is 23.2 Å². The lowest BCUT2D eigenvalue weighted by atomic mass is 10.1. The smallest absolute Gasteiger partial charge is 0.243 e. The number of hydrogen-bond acceptors (Lipinski definition) is 3. The molecule has 0 fully saturated rings. The van der Waals surface area contributed by atoms with Crippen molar-refractivity contribution in [2.24, 2.45) is 0 Å². The summed E-state index contributed by atoms with van der Waals surface area (Å²) in [4.78, 5) is 22.2. The third kappa shape index (κ3) is 4.79. The Morgan fingerprint density at radius 3 is 2.47 bits per heavy atom. The van der Waals surface area contributed by atoms with E-state index >= 15 is 0 Å². The summed E-state index contributed by atoms with van der Waals surface area (Å²) in [7, 11) is 0. The molecular formula is C25H24Cl2N4O. The highest BCUT2D eigenvalue weighted by molar-refractivity contribution is 6.36. The lowest BCUT2D eigenvalue weighted by Crippen LogP contribution is -2.33. The largest absolute Gasteiger partial charge is 0.350 e. The molecular weight excluding hydrogens is 443 g/mol. The van der Waals surface area contributed by atoms with Crippen molar-refractivity contribution in [1.82, 2.24) is 19.9 Å². The molecule has 5 nitrogen and oxygen atoms in total. The Hall–Kier alpha value is -2.89. The van der Waals surface area contributed by atoms with E-state index in [9.17, 15) is 4.79 Å². The van der Waals surface area contributed by atoms with E-state index in [4.69, 9.17) is 28.2 Å². The standard InChI is InChI=1S/C25H24Cl2N4O/c1-2-6-23(25(32)29-16-17-11-13-28-14-12-17)31-22-10-4-3-9-21(22)30-24(31)15-18-19(26)7-5-8-20(18)27/h3-5,7-14,23H,2,6,15-16H2,1H3,(H,29,32). The number of rotatable bonds is 8. The highest BCUT2D eigenvalue weighted by Gasteiger charge is 2.25. The fourth-order valence-electron chi connectivity index (χ4n) is 3.88. The Bertz CT molecular complexity index is 1200. The van der Waals surface area contributed by atoms with Gasteiger partial charge in [-0.05, 0) is 53.9 Å². The minimum atomic E-state index is -0.398. The van der Waals surface area contributed by atoms with Crippen LogP contribution in [0.2, 0.25) is 10.0 Å². The van der Waals surface area contributed by atoms with Crippen molar-refractivity contribution in [3.63, 3.8) is 0 Å². The number of amides is 1. The molecule has 32 heavy (non-hydrogen) atoms. The van der Waals surface area contributed by atoms with E-state index in [1.165, 1.54) is 0 Å². The van der Waals surface area contributed by atoms with Crippen LogP contribution in [0.3, 0.4) is 0 Å². The molecule has 0 aliphatic heterocycles. The predicted molar refractivity (Wildman–Crippen MR) is 129 cm³/mol. The van der Waals surface area contributed by atoms with Crippen molar-refractivity contribution < 1.29 is 4.79 Å². The third-order valence-corrected chi connectivity index (χ3v) is 6.17. The number of nitrogens with one attached hydrogen (secondary N) is 1. The number of carbonyl (C=O) groups excluding carboxylic acids is 1. The first-order chi connectivity index (χ1) is 15.6. The van der Waals surface area contributed by atoms with Gasteiger partial charge in [0.2, 0.25) is 5.91 Å². The summed E-state index contributed by atoms with van der Waals surface area (Å²) in [5.41, 5.74) is 3.57. The quantitative estimate of drug-likeness (QED) is 0.347. The van der Waals surface area contributed by atoms with Crippen molar-refractivity contribution in [3.8, 4) is 0 Å². The Morgan fingerprint density at radius 1 is 1.03 bits per heavy atom. The van der Waals surface area contributed by atoms with Gasteiger partial charge in [-0.25, -0.2) is 4.98 Å². The highest BCUT2D eigenvalue weighted by atomic mass is 35.5. The Morgan fingerprint density at radius 2 is 1.75 bits per heavy atom. The molecule has 0 aliphatic carbocycles. The number of fused-ring (bicyclic) bond motifs is 1. The zero-order chi connectivity index (χ0) is 22.5. The van der Waals surface area contributed by atoms with Crippen LogP contribution in [0.25, 0.3) is 11.0 Å². The molecule has 0 radical (unpaired) electrons. The zero-order valence-corrected chi connectivity index (χ0v) is 19.3. The highest BCUT2D eigenvalue weighted by Crippen LogP contribution is 2.31. The summed E-state index contributed by atoms with van der Waals surface area (Å²) >= 11 is 12.9. The van der Waals surface area contributed by atoms with Crippen LogP contribution in [-0.2, 0) is 17.8 Å². The van der Waals surface area contributed by atoms with E-state index in [1.54, 1.807) is 12.4 Å². The molecule has 0 aliphatic rings. The minimum Gasteiger partial charge on any atom is -0.350 e. The number of imidazole rings is 1. The number of hydrogen-bond donors (Lipinski definition) is 1. The van der Waals surface area contributed by atoms with E-state index in [0.717, 1.165) is 34.4 Å². The molecule has 0 saturated carbocycles. The van der Waals surface area contributed by atoms with Gasteiger partial charge in [-0.1, -0.05) is 54.7 Å². The van der Waals surface area contributed by atoms with E-state index < -0.39 is 6.04 Å². The van der Waals surface area contributed by atoms with E-state index in [-0.39, 0.29) is 5.91 Å². The van der Waals surface area contributed by atoms with Crippen molar-refractivity contribution in [2.45, 2.75) is 38.8 Å². The van der Waals surface area contributed by atoms with E-state index in [1.807, 2.05) is 59.2 Å². The molecule has 1 atom stereocenters. The third-order valence-electron chi connectivity index (χ3n) is 5.46. The second-order valence-corrected chi connectivity index (χ2v) is 8.46. The Kier molecular flexibility index (Phi) is 7.08. The number of halogens is 2. The first-order valence-corrected chi connectivity index (χ1v) is 11.4. The number of benzene rings is 2. The minimum absolute atomic E-state index is 0.0432. The van der Waals surface area contributed by atoms with Crippen LogP contribution in [0.4, 0.5) is 0 Å². The molecule has 2 aromatic heterocycles. The maximum atomic E-state index is 13.4. The average molecular weight is 467 g/mol. The summed E-state index contributed by atoms with van der Waals surface area (Å²) in [6, 6.07) is 16.7. The van der Waals surface area contributed by atoms with Gasteiger partial charge < -0.3 is 9.88 Å². The van der Waals surface area contributed by atoms with Gasteiger partial charge >= 0.3 is 0 Å². The fraction of sp³-hybridized carbons (Fsp3) is 0.240. The SMILES string of the molecule is CCCC(C(=O)NCc1ccncc1)n1c(Cc2c(Cl)cccc2Cl)nc2ccccc21. The summed E-state index contributed by atoms with van der Waals surface area (Å²) in [6.07, 6.45) is 5.42. The molecule has 164 valence electrons. The van der Waals surface area contributed by atoms with Gasteiger partial charge in [-0.15, -0.1) is 0 Å². The Balaban J connectivity index is 1.72. The van der Waals surface area contributed by atoms with Crippen molar-refractivity contribution in [3.05, 3.63) is 94.0 Å². The van der Waals surface area contributed by atoms with Crippen LogP contribution in [0, 0.1) is 0 Å². The number of carbonyl (C=O) groups is 1. The molecule has 2 aromatic carbocycles. The lowest BCUT2D eigenvalue weighted by molar-refractivity contribution is -0.124. The first kappa shape index (κ1) is 22.3. The zero-order valence-electron chi connectivity index (χ0n) is 17.8. The molecule has 0 saturated heterocycles. The number of para-hydroxylation sites is 2. The molecule has 4 rings (SSSR count). The molecule has 1 unspecified atom stereocenters. The van der Waals surface area contributed by atoms with Gasteiger partial charge in [0.05, 0.1) is 11.0 Å². The average Bonchev–Trinajstić information content (AvgIpc) is 3.17. The van der Waals surface area contributed by atoms with Gasteiger partial charge in [0.25, 0.3) is 0 Å². The molecule has 1 N–H and O–H groups in total. The van der Waals surface area contributed by atoms with E-state index in [0.29, 0.717) is 29.4 Å². The van der Waals surface area contributed by atoms with Crippen LogP contribution in [-0.4, -0.2) is 20.4 Å². The molecule has 1 amide bonds. The summed E-state index contributed by atoms with van der Waals surface area (Å²) in [5, 5.41) is 4.26. The lowest BCUT2D eigenvalue weighted by Gasteiger charge is -2.21. The maximum absolute atomic E-state index is 13.4. The number of nitrogens with zero attached hydrogens (tertiary/aromatic N) is 3. The normalized spacial score (nSPS) is 12.1. The van der Waals surface area contributed by atoms with Crippen LogP contribution in [0.1, 0.15) is 42.8 Å². The molecule has 0 spiro atoms. The second kappa shape index (κ2) is 10.2. The summed E-state index contributed by atoms with van der Waals surface area (Å²) < 4.78 is 2.04. The van der Waals surface area contributed by atoms with Crippen LogP contribution in [0.5, 0.6) is 0 Å². The number of pyridine rings is 1. The van der Waals surface area contributed by atoms with Gasteiger partial charge in [-0.2, -0.15) is 0 Å². The summed E-state index contributed by atoms with van der Waals surface area (Å²) in [5.74, 6) is 0.719. The topological polar surface area (TPSA) is 59.8 Å². The second-order valence-electron chi connectivity index (χ2n) is 7.64. The fourth-order valence-corrected chi connectivity index (χ4v) is 4.42. The van der Waals surface area contributed by atoms with Gasteiger partial charge in [0, 0.05) is 35.4 Å². The van der Waals surface area contributed by atoms with Gasteiger partial charge in [0.15, 0.2) is 0 Å². The monoisotopic (exact) mass is 466 g/mol. The van der Waals surface area contributed by atoms with Gasteiger partial charge in [0.1, 0.15) is 11.9 Å². The Labute approximate surface area is 197 Å². The maximum Gasteiger partial charge on any atom is 0.243 e. The summed E-state index contributed by atoms with van der Waals surface area (Å²) in [6.45, 7) is 2.52. The van der Waals surface area contributed by atoms with Crippen LogP contribution < -0.4 is 5.32 Å². The predicted octanol–water partition coefficient (Wildman–Crippen LogP) is 5.99. The first-order valence-electron chi connectivity index (χ1n) is 10.6. The van der Waals surface area contributed by atoms with Crippen molar-refractivity contribution in [1.29, 1.82) is 0 Å². The van der Waals surface area contributed by atoms with Crippen molar-refractivity contribution >= 4 is 40.1 Å².